The molecule has 0 saturated heterocycles. The highest BCUT2D eigenvalue weighted by atomic mass is 16.5. The Labute approximate surface area is 157 Å². The highest BCUT2D eigenvalue weighted by molar-refractivity contribution is 5.75. The van der Waals surface area contributed by atoms with Crippen LogP contribution in [-0.4, -0.2) is 39.3 Å². The Balaban J connectivity index is 2.07. The second-order valence-electron chi connectivity index (χ2n) is 6.11. The van der Waals surface area contributed by atoms with Crippen molar-refractivity contribution in [2.45, 2.75) is 12.0 Å². The van der Waals surface area contributed by atoms with Gasteiger partial charge in [-0.3, -0.25) is 4.79 Å². The molecule has 0 spiro atoms. The van der Waals surface area contributed by atoms with Crippen LogP contribution < -0.4 is 18.9 Å². The van der Waals surface area contributed by atoms with E-state index in [0.29, 0.717) is 29.3 Å². The molecule has 1 N–H and O–H groups in total. The van der Waals surface area contributed by atoms with Crippen LogP contribution in [0, 0.1) is 0 Å². The minimum atomic E-state index is -0.423. The van der Waals surface area contributed by atoms with E-state index in [1.54, 1.807) is 39.5 Å². The first kappa shape index (κ1) is 18.8. The molecule has 2 atom stereocenters. The summed E-state index contributed by atoms with van der Waals surface area (Å²) in [4.78, 5) is 10.6. The maximum absolute atomic E-state index is 10.6. The van der Waals surface area contributed by atoms with Crippen molar-refractivity contribution in [3.8, 4) is 23.0 Å². The van der Waals surface area contributed by atoms with Gasteiger partial charge in [-0.1, -0.05) is 6.08 Å². The minimum absolute atomic E-state index is 0.110. The maximum Gasteiger partial charge on any atom is 0.165 e. The second kappa shape index (κ2) is 8.14. The summed E-state index contributed by atoms with van der Waals surface area (Å²) in [6.07, 6.45) is 3.39. The topological polar surface area (TPSA) is 74.2 Å². The fourth-order valence-corrected chi connectivity index (χ4v) is 3.31. The third-order valence-electron chi connectivity index (χ3n) is 4.60. The van der Waals surface area contributed by atoms with E-state index in [4.69, 9.17) is 18.9 Å². The molecule has 0 amide bonds. The number of carbonyl (C=O) groups excluding carboxylic acids is 1. The van der Waals surface area contributed by atoms with Gasteiger partial charge in [0.25, 0.3) is 0 Å². The van der Waals surface area contributed by atoms with Crippen LogP contribution in [0.15, 0.2) is 36.4 Å². The molecule has 0 aliphatic carbocycles. The number of fused-ring (bicyclic) bond motifs is 1. The summed E-state index contributed by atoms with van der Waals surface area (Å²) in [6, 6.07) is 9.20. The molecule has 0 fully saturated rings. The predicted octanol–water partition coefficient (Wildman–Crippen LogP) is 3.13. The molecule has 142 valence electrons. The van der Waals surface area contributed by atoms with Crippen molar-refractivity contribution in [2.24, 2.45) is 0 Å². The quantitative estimate of drug-likeness (QED) is 0.596. The molecule has 0 unspecified atom stereocenters. The summed E-state index contributed by atoms with van der Waals surface area (Å²) in [7, 11) is 4.73. The molecule has 0 bridgehead atoms. The second-order valence-corrected chi connectivity index (χ2v) is 6.11. The first-order valence-electron chi connectivity index (χ1n) is 8.49. The van der Waals surface area contributed by atoms with Gasteiger partial charge in [0.1, 0.15) is 23.9 Å². The van der Waals surface area contributed by atoms with Gasteiger partial charge in [-0.15, -0.1) is 0 Å². The largest absolute Gasteiger partial charge is 0.497 e. The van der Waals surface area contributed by atoms with E-state index in [2.05, 4.69) is 0 Å². The molecule has 0 saturated carbocycles. The van der Waals surface area contributed by atoms with Crippen molar-refractivity contribution in [3.05, 3.63) is 53.1 Å². The maximum atomic E-state index is 10.6. The first-order valence-corrected chi connectivity index (χ1v) is 8.49. The summed E-state index contributed by atoms with van der Waals surface area (Å²) >= 11 is 0. The Morgan fingerprint density at radius 3 is 2.30 bits per heavy atom. The van der Waals surface area contributed by atoms with E-state index in [-0.39, 0.29) is 12.5 Å². The van der Waals surface area contributed by atoms with Crippen LogP contribution in [0.5, 0.6) is 23.0 Å². The Kier molecular flexibility index (Phi) is 5.66. The zero-order valence-corrected chi connectivity index (χ0v) is 15.5. The number of aliphatic hydroxyl groups excluding tert-OH is 1. The van der Waals surface area contributed by atoms with E-state index in [0.717, 1.165) is 16.7 Å². The number of allylic oxidation sites excluding steroid dienone is 1. The SMILES string of the molecule is COc1cc(OC)cc([C@H]2Oc3c(OC)cc(/C=C/C=O)cc3[C@@H]2CO)c1. The van der Waals surface area contributed by atoms with Crippen molar-refractivity contribution >= 4 is 12.4 Å². The number of carbonyl (C=O) groups is 1. The summed E-state index contributed by atoms with van der Waals surface area (Å²) < 4.78 is 22.3. The van der Waals surface area contributed by atoms with Crippen LogP contribution >= 0.6 is 0 Å². The Morgan fingerprint density at radius 2 is 1.74 bits per heavy atom. The summed E-state index contributed by atoms with van der Waals surface area (Å²) in [6.45, 7) is -0.110. The smallest absolute Gasteiger partial charge is 0.165 e. The molecule has 2 aromatic rings. The number of methoxy groups -OCH3 is 3. The molecule has 1 heterocycles. The monoisotopic (exact) mass is 370 g/mol. The lowest BCUT2D eigenvalue weighted by molar-refractivity contribution is -0.104. The Morgan fingerprint density at radius 1 is 1.04 bits per heavy atom. The van der Waals surface area contributed by atoms with Crippen LogP contribution in [0.2, 0.25) is 0 Å². The van der Waals surface area contributed by atoms with Crippen LogP contribution in [0.25, 0.3) is 6.08 Å². The van der Waals surface area contributed by atoms with Gasteiger partial charge in [-0.2, -0.15) is 0 Å². The van der Waals surface area contributed by atoms with Crippen LogP contribution in [-0.2, 0) is 4.79 Å². The molecular formula is C21H22O6. The molecule has 1 aliphatic rings. The number of hydrogen-bond acceptors (Lipinski definition) is 6. The van der Waals surface area contributed by atoms with Gasteiger partial charge < -0.3 is 24.1 Å². The van der Waals surface area contributed by atoms with E-state index in [1.165, 1.54) is 6.08 Å². The Bertz CT molecular complexity index is 836. The minimum Gasteiger partial charge on any atom is -0.497 e. The average molecular weight is 370 g/mol. The lowest BCUT2D eigenvalue weighted by atomic mass is 9.90. The fourth-order valence-electron chi connectivity index (χ4n) is 3.31. The van der Waals surface area contributed by atoms with Crippen molar-refractivity contribution in [3.63, 3.8) is 0 Å². The van der Waals surface area contributed by atoms with Crippen molar-refractivity contribution in [2.75, 3.05) is 27.9 Å². The molecular weight excluding hydrogens is 348 g/mol. The van der Waals surface area contributed by atoms with Crippen molar-refractivity contribution in [1.29, 1.82) is 0 Å². The van der Waals surface area contributed by atoms with Gasteiger partial charge in [0.15, 0.2) is 11.5 Å². The lowest BCUT2D eigenvalue weighted by Crippen LogP contribution is -2.13. The van der Waals surface area contributed by atoms with Crippen molar-refractivity contribution in [1.82, 2.24) is 0 Å². The molecule has 1 aliphatic heterocycles. The molecule has 6 heteroatoms. The van der Waals surface area contributed by atoms with Crippen molar-refractivity contribution < 1.29 is 28.8 Å². The molecule has 27 heavy (non-hydrogen) atoms. The summed E-state index contributed by atoms with van der Waals surface area (Å²) in [5.41, 5.74) is 2.45. The van der Waals surface area contributed by atoms with Gasteiger partial charge >= 0.3 is 0 Å². The van der Waals surface area contributed by atoms with Crippen LogP contribution in [0.1, 0.15) is 28.7 Å². The Hall–Kier alpha value is -2.99. The molecule has 0 aromatic heterocycles. The summed E-state index contributed by atoms with van der Waals surface area (Å²) in [5, 5.41) is 10.1. The van der Waals surface area contributed by atoms with E-state index in [9.17, 15) is 9.90 Å². The van der Waals surface area contributed by atoms with Gasteiger partial charge in [0.2, 0.25) is 0 Å². The lowest BCUT2D eigenvalue weighted by Gasteiger charge is -2.19. The molecule has 3 rings (SSSR count). The number of aliphatic hydroxyl groups is 1. The number of aldehydes is 1. The zero-order valence-electron chi connectivity index (χ0n) is 15.5. The molecule has 0 radical (unpaired) electrons. The normalized spacial score (nSPS) is 18.1. The number of hydrogen-bond donors (Lipinski definition) is 1. The van der Waals surface area contributed by atoms with Gasteiger partial charge in [-0.05, 0) is 35.9 Å². The van der Waals surface area contributed by atoms with Crippen LogP contribution in [0.3, 0.4) is 0 Å². The van der Waals surface area contributed by atoms with E-state index in [1.807, 2.05) is 18.2 Å². The molecule has 6 nitrogen and oxygen atoms in total. The zero-order chi connectivity index (χ0) is 19.4. The van der Waals surface area contributed by atoms with Gasteiger partial charge in [-0.25, -0.2) is 0 Å². The van der Waals surface area contributed by atoms with Gasteiger partial charge in [0.05, 0.1) is 33.9 Å². The van der Waals surface area contributed by atoms with Crippen LogP contribution in [0.4, 0.5) is 0 Å². The van der Waals surface area contributed by atoms with E-state index >= 15 is 0 Å². The highest BCUT2D eigenvalue weighted by Crippen LogP contribution is 2.51. The fraction of sp³-hybridized carbons (Fsp3) is 0.286. The third kappa shape index (κ3) is 3.61. The molecule has 2 aromatic carbocycles. The summed E-state index contributed by atoms with van der Waals surface area (Å²) in [5.74, 6) is 2.13. The first-order chi connectivity index (χ1) is 13.1. The standard InChI is InChI=1S/C21H22O6/c1-24-15-9-14(10-16(11-15)25-2)20-18(12-23)17-7-13(5-4-6-22)8-19(26-3)21(17)27-20/h4-11,18,20,23H,12H2,1-3H3/b5-4+/t18-,20+/m0/s1. The third-order valence-corrected chi connectivity index (χ3v) is 4.60. The predicted molar refractivity (Wildman–Crippen MR) is 101 cm³/mol. The number of rotatable bonds is 7. The average Bonchev–Trinajstić information content (AvgIpc) is 3.09. The highest BCUT2D eigenvalue weighted by Gasteiger charge is 2.38. The van der Waals surface area contributed by atoms with Gasteiger partial charge in [0, 0.05) is 17.2 Å². The number of benzene rings is 2. The number of ether oxygens (including phenoxy) is 4. The van der Waals surface area contributed by atoms with E-state index < -0.39 is 6.10 Å².